The molecule has 0 fully saturated rings. The molecule has 0 N–H and O–H groups in total. The molecule has 6 nitrogen and oxygen atoms in total. The second kappa shape index (κ2) is 8.05. The fourth-order valence-corrected chi connectivity index (χ4v) is 0.998. The van der Waals surface area contributed by atoms with Crippen molar-refractivity contribution in [2.75, 3.05) is 13.7 Å². The first-order valence-electron chi connectivity index (χ1n) is 6.06. The molecule has 2 unspecified atom stereocenters. The predicted octanol–water partition coefficient (Wildman–Crippen LogP) is 1.44. The van der Waals surface area contributed by atoms with Crippen LogP contribution in [-0.2, 0) is 28.9 Å². The third-order valence-electron chi connectivity index (χ3n) is 2.44. The smallest absolute Gasteiger partial charge is 0.397 e. The Labute approximate surface area is 107 Å². The molecule has 18 heavy (non-hydrogen) atoms. The van der Waals surface area contributed by atoms with E-state index >= 15 is 0 Å². The Kier molecular flexibility index (Phi) is 7.54. The molecule has 0 amide bonds. The molecule has 0 aliphatic carbocycles. The standard InChI is InChI=1S/C12H21O6/c1-5-7-8-17-10(13)12(15,16-4)11(14)18-9(3)6-2/h9H,5-8H2,1-4H3. The normalized spacial score (nSPS) is 15.6. The van der Waals surface area contributed by atoms with Crippen molar-refractivity contribution in [3.8, 4) is 0 Å². The summed E-state index contributed by atoms with van der Waals surface area (Å²) in [6.45, 7) is 5.40. The van der Waals surface area contributed by atoms with Crippen LogP contribution in [0.25, 0.3) is 0 Å². The number of ether oxygens (including phenoxy) is 3. The molecule has 0 aliphatic heterocycles. The Bertz CT molecular complexity index is 278. The summed E-state index contributed by atoms with van der Waals surface area (Å²) >= 11 is 0. The lowest BCUT2D eigenvalue weighted by Crippen LogP contribution is -2.50. The molecular formula is C12H21O6. The van der Waals surface area contributed by atoms with Crippen LogP contribution >= 0.6 is 0 Å². The van der Waals surface area contributed by atoms with Crippen LogP contribution in [-0.4, -0.2) is 37.5 Å². The quantitative estimate of drug-likeness (QED) is 0.286. The largest absolute Gasteiger partial charge is 0.461 e. The van der Waals surface area contributed by atoms with E-state index < -0.39 is 23.8 Å². The van der Waals surface area contributed by atoms with Crippen LogP contribution in [0.2, 0.25) is 0 Å². The highest BCUT2D eigenvalue weighted by molar-refractivity contribution is 6.01. The lowest BCUT2D eigenvalue weighted by atomic mass is 10.2. The van der Waals surface area contributed by atoms with E-state index in [2.05, 4.69) is 4.74 Å². The zero-order chi connectivity index (χ0) is 14.2. The first kappa shape index (κ1) is 16.9. The fraction of sp³-hybridized carbons (Fsp3) is 0.833. The second-order valence-electron chi connectivity index (χ2n) is 3.93. The molecule has 0 saturated heterocycles. The first-order chi connectivity index (χ1) is 8.42. The zero-order valence-corrected chi connectivity index (χ0v) is 11.4. The van der Waals surface area contributed by atoms with Crippen molar-refractivity contribution >= 4 is 11.9 Å². The van der Waals surface area contributed by atoms with Gasteiger partial charge in [-0.3, -0.25) is 0 Å². The van der Waals surface area contributed by atoms with E-state index in [4.69, 9.17) is 9.47 Å². The van der Waals surface area contributed by atoms with Crippen LogP contribution in [0.5, 0.6) is 0 Å². The molecular weight excluding hydrogens is 240 g/mol. The lowest BCUT2D eigenvalue weighted by Gasteiger charge is -2.22. The highest BCUT2D eigenvalue weighted by Gasteiger charge is 2.51. The SMILES string of the molecule is CCCCOC(=O)C([O])(OC)C(=O)OC(C)CC. The molecule has 2 atom stereocenters. The van der Waals surface area contributed by atoms with Crippen molar-refractivity contribution < 1.29 is 28.9 Å². The number of hydrogen-bond acceptors (Lipinski definition) is 5. The molecule has 0 aromatic carbocycles. The van der Waals surface area contributed by atoms with Gasteiger partial charge in [-0.05, 0) is 19.8 Å². The maximum Gasteiger partial charge on any atom is 0.397 e. The van der Waals surface area contributed by atoms with Gasteiger partial charge in [0.2, 0.25) is 0 Å². The van der Waals surface area contributed by atoms with E-state index in [9.17, 15) is 14.7 Å². The van der Waals surface area contributed by atoms with Crippen LogP contribution in [0.4, 0.5) is 0 Å². The summed E-state index contributed by atoms with van der Waals surface area (Å²) in [4.78, 5) is 23.1. The summed E-state index contributed by atoms with van der Waals surface area (Å²) in [5, 5.41) is 11.9. The average molecular weight is 261 g/mol. The van der Waals surface area contributed by atoms with Crippen molar-refractivity contribution in [2.45, 2.75) is 51.9 Å². The third-order valence-corrected chi connectivity index (χ3v) is 2.44. The predicted molar refractivity (Wildman–Crippen MR) is 62.1 cm³/mol. The van der Waals surface area contributed by atoms with Crippen molar-refractivity contribution in [3.63, 3.8) is 0 Å². The number of carbonyl (C=O) groups excluding carboxylic acids is 2. The van der Waals surface area contributed by atoms with Crippen LogP contribution in [0.1, 0.15) is 40.0 Å². The van der Waals surface area contributed by atoms with E-state index in [0.29, 0.717) is 12.8 Å². The van der Waals surface area contributed by atoms with Gasteiger partial charge in [-0.2, -0.15) is 5.11 Å². The zero-order valence-electron chi connectivity index (χ0n) is 11.4. The lowest BCUT2D eigenvalue weighted by molar-refractivity contribution is -0.251. The number of carbonyl (C=O) groups is 2. The molecule has 0 spiro atoms. The first-order valence-corrected chi connectivity index (χ1v) is 6.06. The van der Waals surface area contributed by atoms with Crippen LogP contribution in [0.3, 0.4) is 0 Å². The molecule has 1 radical (unpaired) electrons. The van der Waals surface area contributed by atoms with E-state index in [0.717, 1.165) is 13.5 Å². The summed E-state index contributed by atoms with van der Waals surface area (Å²) in [6.07, 6.45) is 1.51. The van der Waals surface area contributed by atoms with E-state index in [1.54, 1.807) is 13.8 Å². The molecule has 0 rings (SSSR count). The van der Waals surface area contributed by atoms with Gasteiger partial charge in [0.25, 0.3) is 0 Å². The van der Waals surface area contributed by atoms with Crippen LogP contribution < -0.4 is 0 Å². The van der Waals surface area contributed by atoms with Gasteiger partial charge in [0, 0.05) is 7.11 Å². The Morgan fingerprint density at radius 2 is 1.83 bits per heavy atom. The topological polar surface area (TPSA) is 81.7 Å². The van der Waals surface area contributed by atoms with Gasteiger partial charge in [-0.15, -0.1) is 0 Å². The molecule has 105 valence electrons. The van der Waals surface area contributed by atoms with Gasteiger partial charge in [0.1, 0.15) is 0 Å². The van der Waals surface area contributed by atoms with E-state index in [1.807, 2.05) is 6.92 Å². The number of methoxy groups -OCH3 is 1. The minimum absolute atomic E-state index is 0.0826. The van der Waals surface area contributed by atoms with Gasteiger partial charge in [-0.25, -0.2) is 9.59 Å². The summed E-state index contributed by atoms with van der Waals surface area (Å²) in [7, 11) is 0.978. The summed E-state index contributed by atoms with van der Waals surface area (Å²) < 4.78 is 13.9. The van der Waals surface area contributed by atoms with E-state index in [-0.39, 0.29) is 6.61 Å². The summed E-state index contributed by atoms with van der Waals surface area (Å²) in [5.74, 6) is -5.45. The molecule has 0 heterocycles. The third kappa shape index (κ3) is 4.62. The molecule has 0 aromatic heterocycles. The average Bonchev–Trinajstić information content (AvgIpc) is 2.37. The van der Waals surface area contributed by atoms with Gasteiger partial charge < -0.3 is 14.2 Å². The Morgan fingerprint density at radius 1 is 1.22 bits per heavy atom. The van der Waals surface area contributed by atoms with Gasteiger partial charge >= 0.3 is 17.7 Å². The second-order valence-corrected chi connectivity index (χ2v) is 3.93. The highest BCUT2D eigenvalue weighted by atomic mass is 16.7. The Balaban J connectivity index is 4.57. The molecule has 0 saturated carbocycles. The molecule has 0 bridgehead atoms. The minimum Gasteiger partial charge on any atom is -0.461 e. The number of rotatable bonds is 8. The maximum absolute atomic E-state index is 11.9. The van der Waals surface area contributed by atoms with Crippen molar-refractivity contribution in [1.29, 1.82) is 0 Å². The van der Waals surface area contributed by atoms with Crippen molar-refractivity contribution in [2.24, 2.45) is 0 Å². The van der Waals surface area contributed by atoms with E-state index in [1.165, 1.54) is 0 Å². The number of esters is 2. The van der Waals surface area contributed by atoms with Crippen molar-refractivity contribution in [1.82, 2.24) is 0 Å². The van der Waals surface area contributed by atoms with Gasteiger partial charge in [0.05, 0.1) is 12.7 Å². The summed E-state index contributed by atoms with van der Waals surface area (Å²) in [5.41, 5.74) is 0. The van der Waals surface area contributed by atoms with Crippen molar-refractivity contribution in [3.05, 3.63) is 0 Å². The van der Waals surface area contributed by atoms with Crippen LogP contribution in [0.15, 0.2) is 0 Å². The monoisotopic (exact) mass is 261 g/mol. The molecule has 6 heteroatoms. The maximum atomic E-state index is 11.9. The van der Waals surface area contributed by atoms with Crippen LogP contribution in [0, 0.1) is 0 Å². The molecule has 0 aliphatic rings. The highest BCUT2D eigenvalue weighted by Crippen LogP contribution is 2.14. The Hall–Kier alpha value is -1.14. The van der Waals surface area contributed by atoms with Gasteiger partial charge in [-0.1, -0.05) is 20.3 Å². The molecule has 0 aromatic rings. The van der Waals surface area contributed by atoms with Gasteiger partial charge in [0.15, 0.2) is 0 Å². The fourth-order valence-electron chi connectivity index (χ4n) is 0.998. The Morgan fingerprint density at radius 3 is 2.28 bits per heavy atom. The summed E-state index contributed by atoms with van der Waals surface area (Å²) in [6, 6.07) is 0. The number of hydrogen-bond donors (Lipinski definition) is 0. The minimum atomic E-state index is -2.93. The number of unbranched alkanes of at least 4 members (excludes halogenated alkanes) is 1.